The van der Waals surface area contributed by atoms with Gasteiger partial charge in [0.25, 0.3) is 0 Å². The van der Waals surface area contributed by atoms with Crippen molar-refractivity contribution in [2.75, 3.05) is 0 Å². The molecule has 0 atom stereocenters. The molecule has 3 aromatic carbocycles. The second-order valence-corrected chi connectivity index (χ2v) is 3.74. The van der Waals surface area contributed by atoms with Crippen LogP contribution in [-0.4, -0.2) is 0 Å². The van der Waals surface area contributed by atoms with Crippen molar-refractivity contribution in [3.05, 3.63) is 34.4 Å². The fourth-order valence-electron chi connectivity index (χ4n) is 2.18. The Morgan fingerprint density at radius 2 is 1.25 bits per heavy atom. The van der Waals surface area contributed by atoms with E-state index in [2.05, 4.69) is 39.8 Å². The molecule has 0 fully saturated rings. The molecule has 0 amide bonds. The number of hydrogen-bond acceptors (Lipinski definition) is 0. The van der Waals surface area contributed by atoms with Crippen molar-refractivity contribution >= 4 is 10.8 Å². The summed E-state index contributed by atoms with van der Waals surface area (Å²) < 4.78 is 0. The van der Waals surface area contributed by atoms with Crippen molar-refractivity contribution in [2.45, 2.75) is 27.7 Å². The van der Waals surface area contributed by atoms with Crippen LogP contribution in [0.3, 0.4) is 0 Å². The summed E-state index contributed by atoms with van der Waals surface area (Å²) in [6.45, 7) is 8.82. The number of rotatable bonds is 0. The van der Waals surface area contributed by atoms with Crippen LogP contribution in [0.1, 0.15) is 22.3 Å². The average molecular weight is 158 g/mol. The molecule has 12 heavy (non-hydrogen) atoms. The molecule has 0 N–H and O–H groups in total. The quantitative estimate of drug-likeness (QED) is 0.550. The lowest BCUT2D eigenvalue weighted by atomic mass is 9.90. The van der Waals surface area contributed by atoms with Gasteiger partial charge in [0, 0.05) is 0 Å². The van der Waals surface area contributed by atoms with E-state index in [-0.39, 0.29) is 0 Å². The minimum absolute atomic E-state index is 1.40. The van der Waals surface area contributed by atoms with E-state index in [0.717, 1.165) is 0 Å². The standard InChI is InChI=1S/C12H14/c1-7-5-11-6-8(2)12(7)10(4)9(11)3/h5-6H,1-4H3. The van der Waals surface area contributed by atoms with Gasteiger partial charge in [-0.1, -0.05) is 12.1 Å². The maximum atomic E-state index is 2.28. The molecule has 2 bridgehead atoms. The molecule has 0 aliphatic heterocycles. The molecular weight excluding hydrogens is 144 g/mol. The van der Waals surface area contributed by atoms with E-state index in [4.69, 9.17) is 0 Å². The molecule has 0 heteroatoms. The van der Waals surface area contributed by atoms with Gasteiger partial charge in [-0.15, -0.1) is 0 Å². The highest BCUT2D eigenvalue weighted by atomic mass is 14.1. The first-order valence-corrected chi connectivity index (χ1v) is 4.40. The van der Waals surface area contributed by atoms with E-state index >= 15 is 0 Å². The third-order valence-electron chi connectivity index (χ3n) is 2.90. The molecular formula is C12H14. The Morgan fingerprint density at radius 1 is 0.750 bits per heavy atom. The van der Waals surface area contributed by atoms with Crippen LogP contribution in [-0.2, 0) is 0 Å². The van der Waals surface area contributed by atoms with E-state index in [0.29, 0.717) is 0 Å². The van der Waals surface area contributed by atoms with Crippen LogP contribution in [0.2, 0.25) is 0 Å². The Kier molecular flexibility index (Phi) is 1.41. The smallest absolute Gasteiger partial charge is 0.0165 e. The molecule has 0 saturated heterocycles. The Balaban J connectivity index is 3.03. The van der Waals surface area contributed by atoms with Crippen molar-refractivity contribution in [3.8, 4) is 0 Å². The molecule has 3 aromatic rings. The fraction of sp³-hybridized carbons (Fsp3) is 0.333. The monoisotopic (exact) mass is 158 g/mol. The minimum atomic E-state index is 1.40. The predicted octanol–water partition coefficient (Wildman–Crippen LogP) is 3.51. The molecule has 0 saturated carbocycles. The molecule has 0 heterocycles. The molecule has 0 radical (unpaired) electrons. The predicted molar refractivity (Wildman–Crippen MR) is 54.1 cm³/mol. The van der Waals surface area contributed by atoms with Gasteiger partial charge in [-0.3, -0.25) is 0 Å². The van der Waals surface area contributed by atoms with Crippen LogP contribution in [0.15, 0.2) is 12.1 Å². The largest absolute Gasteiger partial charge is 0.0511 e. The average Bonchev–Trinajstić information content (AvgIpc) is 1.98. The van der Waals surface area contributed by atoms with E-state index in [1.54, 1.807) is 0 Å². The first kappa shape index (κ1) is 7.60. The summed E-state index contributed by atoms with van der Waals surface area (Å²) in [6, 6.07) is 4.56. The van der Waals surface area contributed by atoms with Gasteiger partial charge in [-0.2, -0.15) is 0 Å². The van der Waals surface area contributed by atoms with Gasteiger partial charge < -0.3 is 0 Å². The number of fused-ring (bicyclic) bond motifs is 3. The Hall–Kier alpha value is -1.04. The first-order valence-electron chi connectivity index (χ1n) is 4.40. The van der Waals surface area contributed by atoms with Crippen LogP contribution in [0, 0.1) is 27.7 Å². The number of hydrogen-bond donors (Lipinski definition) is 0. The first-order chi connectivity index (χ1) is 5.61. The van der Waals surface area contributed by atoms with Crippen molar-refractivity contribution in [3.63, 3.8) is 0 Å². The molecule has 0 aliphatic rings. The van der Waals surface area contributed by atoms with Gasteiger partial charge in [0.15, 0.2) is 0 Å². The van der Waals surface area contributed by atoms with Crippen LogP contribution < -0.4 is 0 Å². The Bertz CT molecular complexity index is 398. The van der Waals surface area contributed by atoms with Crippen LogP contribution in [0.5, 0.6) is 0 Å². The number of aryl methyl sites for hydroxylation is 4. The molecule has 0 aliphatic carbocycles. The zero-order chi connectivity index (χ0) is 8.88. The number of benzene rings is 3. The van der Waals surface area contributed by atoms with Gasteiger partial charge in [-0.25, -0.2) is 0 Å². The highest BCUT2D eigenvalue weighted by Gasteiger charge is 2.08. The van der Waals surface area contributed by atoms with E-state index in [1.807, 2.05) is 0 Å². The Morgan fingerprint density at radius 3 is 1.58 bits per heavy atom. The van der Waals surface area contributed by atoms with Gasteiger partial charge in [0.05, 0.1) is 0 Å². The van der Waals surface area contributed by atoms with Gasteiger partial charge >= 0.3 is 0 Å². The zero-order valence-corrected chi connectivity index (χ0v) is 8.15. The highest BCUT2D eigenvalue weighted by Crippen LogP contribution is 2.30. The lowest BCUT2D eigenvalue weighted by Gasteiger charge is -2.14. The zero-order valence-electron chi connectivity index (χ0n) is 8.15. The molecule has 0 nitrogen and oxygen atoms in total. The van der Waals surface area contributed by atoms with E-state index in [1.165, 1.54) is 33.0 Å². The topological polar surface area (TPSA) is 0 Å². The summed E-state index contributed by atoms with van der Waals surface area (Å²) in [4.78, 5) is 0. The second-order valence-electron chi connectivity index (χ2n) is 3.74. The van der Waals surface area contributed by atoms with Gasteiger partial charge in [-0.05, 0) is 60.7 Å². The molecule has 0 spiro atoms. The molecule has 0 unspecified atom stereocenters. The second kappa shape index (κ2) is 2.22. The van der Waals surface area contributed by atoms with Crippen LogP contribution in [0.4, 0.5) is 0 Å². The molecule has 3 rings (SSSR count). The van der Waals surface area contributed by atoms with Gasteiger partial charge in [0.1, 0.15) is 0 Å². The summed E-state index contributed by atoms with van der Waals surface area (Å²) in [5, 5.41) is 2.86. The lowest BCUT2D eigenvalue weighted by Crippen LogP contribution is -1.93. The van der Waals surface area contributed by atoms with Crippen molar-refractivity contribution in [2.24, 2.45) is 0 Å². The molecule has 0 aromatic heterocycles. The lowest BCUT2D eigenvalue weighted by molar-refractivity contribution is 1.32. The highest BCUT2D eigenvalue weighted by molar-refractivity contribution is 5.84. The van der Waals surface area contributed by atoms with E-state index in [9.17, 15) is 0 Å². The van der Waals surface area contributed by atoms with Crippen molar-refractivity contribution in [1.82, 2.24) is 0 Å². The summed E-state index contributed by atoms with van der Waals surface area (Å²) in [5.41, 5.74) is 5.76. The third kappa shape index (κ3) is 0.781. The van der Waals surface area contributed by atoms with Crippen molar-refractivity contribution in [1.29, 1.82) is 0 Å². The van der Waals surface area contributed by atoms with Crippen LogP contribution >= 0.6 is 0 Å². The maximum absolute atomic E-state index is 2.28. The SMILES string of the molecule is Cc1c(C)c2c(C)cc1cc2C. The van der Waals surface area contributed by atoms with E-state index < -0.39 is 0 Å². The minimum Gasteiger partial charge on any atom is -0.0511 e. The maximum Gasteiger partial charge on any atom is -0.0165 e. The summed E-state index contributed by atoms with van der Waals surface area (Å²) in [7, 11) is 0. The van der Waals surface area contributed by atoms with Crippen LogP contribution in [0.25, 0.3) is 10.8 Å². The molecule has 62 valence electrons. The van der Waals surface area contributed by atoms with Crippen molar-refractivity contribution < 1.29 is 0 Å². The van der Waals surface area contributed by atoms with Gasteiger partial charge in [0.2, 0.25) is 0 Å². The Labute approximate surface area is 73.6 Å². The summed E-state index contributed by atoms with van der Waals surface area (Å²) in [5.74, 6) is 0. The summed E-state index contributed by atoms with van der Waals surface area (Å²) >= 11 is 0. The third-order valence-corrected chi connectivity index (χ3v) is 2.90. The summed E-state index contributed by atoms with van der Waals surface area (Å²) in [6.07, 6.45) is 0. The fourth-order valence-corrected chi connectivity index (χ4v) is 2.18. The normalized spacial score (nSPS) is 11.3.